The summed E-state index contributed by atoms with van der Waals surface area (Å²) in [5.74, 6) is 0.874. The molecule has 106 valence electrons. The fraction of sp³-hybridized carbons (Fsp3) is 0.250. The molecule has 0 heterocycles. The van der Waals surface area contributed by atoms with Crippen LogP contribution in [0.25, 0.3) is 0 Å². The Morgan fingerprint density at radius 1 is 1.00 bits per heavy atom. The van der Waals surface area contributed by atoms with Gasteiger partial charge in [-0.05, 0) is 48.0 Å². The predicted molar refractivity (Wildman–Crippen MR) is 90.4 cm³/mol. The molecule has 0 aliphatic heterocycles. The number of hydrogen-bond acceptors (Lipinski definition) is 2. The SMILES string of the molecule is CCNC(c1ccc(OC)cc1)c1cc(Br)cc(Br)c1. The second kappa shape index (κ2) is 7.25. The highest BCUT2D eigenvalue weighted by atomic mass is 79.9. The molecule has 20 heavy (non-hydrogen) atoms. The van der Waals surface area contributed by atoms with E-state index in [0.717, 1.165) is 21.2 Å². The molecule has 2 nitrogen and oxygen atoms in total. The molecule has 0 aliphatic rings. The molecule has 4 heteroatoms. The number of halogens is 2. The molecule has 0 bridgehead atoms. The highest BCUT2D eigenvalue weighted by Crippen LogP contribution is 2.29. The van der Waals surface area contributed by atoms with E-state index in [1.54, 1.807) is 7.11 Å². The number of rotatable bonds is 5. The second-order valence-corrected chi connectivity index (χ2v) is 6.30. The van der Waals surface area contributed by atoms with Gasteiger partial charge in [0.15, 0.2) is 0 Å². The molecule has 0 aromatic heterocycles. The van der Waals surface area contributed by atoms with E-state index in [4.69, 9.17) is 4.74 Å². The van der Waals surface area contributed by atoms with Gasteiger partial charge in [0.2, 0.25) is 0 Å². The first-order valence-electron chi connectivity index (χ1n) is 6.47. The molecule has 0 amide bonds. The van der Waals surface area contributed by atoms with Crippen LogP contribution in [0, 0.1) is 0 Å². The average Bonchev–Trinajstić information content (AvgIpc) is 2.44. The first-order valence-corrected chi connectivity index (χ1v) is 8.06. The fourth-order valence-corrected chi connectivity index (χ4v) is 3.50. The fourth-order valence-electron chi connectivity index (χ4n) is 2.17. The Hall–Kier alpha value is -0.840. The lowest BCUT2D eigenvalue weighted by molar-refractivity contribution is 0.414. The van der Waals surface area contributed by atoms with Crippen LogP contribution >= 0.6 is 31.9 Å². The molecular formula is C16H17Br2NO. The van der Waals surface area contributed by atoms with Gasteiger partial charge in [-0.25, -0.2) is 0 Å². The lowest BCUT2D eigenvalue weighted by atomic mass is 9.98. The Balaban J connectivity index is 2.38. The third kappa shape index (κ3) is 3.84. The molecule has 0 aliphatic carbocycles. The zero-order chi connectivity index (χ0) is 14.5. The summed E-state index contributed by atoms with van der Waals surface area (Å²) in [6.07, 6.45) is 0. The maximum Gasteiger partial charge on any atom is 0.118 e. The molecule has 0 spiro atoms. The van der Waals surface area contributed by atoms with Crippen molar-refractivity contribution in [3.63, 3.8) is 0 Å². The Morgan fingerprint density at radius 2 is 1.60 bits per heavy atom. The van der Waals surface area contributed by atoms with Crippen molar-refractivity contribution in [1.82, 2.24) is 5.32 Å². The van der Waals surface area contributed by atoms with E-state index in [1.807, 2.05) is 18.2 Å². The van der Waals surface area contributed by atoms with Crippen LogP contribution in [0.3, 0.4) is 0 Å². The lowest BCUT2D eigenvalue weighted by Gasteiger charge is -2.20. The van der Waals surface area contributed by atoms with Crippen LogP contribution in [0.5, 0.6) is 5.75 Å². The van der Waals surface area contributed by atoms with Crippen molar-refractivity contribution in [2.75, 3.05) is 13.7 Å². The first kappa shape index (κ1) is 15.5. The number of hydrogen-bond donors (Lipinski definition) is 1. The monoisotopic (exact) mass is 397 g/mol. The standard InChI is InChI=1S/C16H17Br2NO/c1-3-19-16(11-4-6-15(20-2)7-5-11)12-8-13(17)10-14(18)9-12/h4-10,16,19H,3H2,1-2H3. The van der Waals surface area contributed by atoms with Gasteiger partial charge in [-0.1, -0.05) is 50.9 Å². The van der Waals surface area contributed by atoms with Crippen LogP contribution < -0.4 is 10.1 Å². The normalized spacial score (nSPS) is 12.2. The van der Waals surface area contributed by atoms with Crippen molar-refractivity contribution >= 4 is 31.9 Å². The minimum absolute atomic E-state index is 0.166. The van der Waals surface area contributed by atoms with Gasteiger partial charge >= 0.3 is 0 Å². The zero-order valence-electron chi connectivity index (χ0n) is 11.5. The summed E-state index contributed by atoms with van der Waals surface area (Å²) in [5.41, 5.74) is 2.44. The van der Waals surface area contributed by atoms with Gasteiger partial charge in [0, 0.05) is 8.95 Å². The molecule has 0 radical (unpaired) electrons. The maximum atomic E-state index is 5.22. The third-order valence-corrected chi connectivity index (χ3v) is 3.99. The topological polar surface area (TPSA) is 21.3 Å². The number of benzene rings is 2. The number of methoxy groups -OCH3 is 1. The van der Waals surface area contributed by atoms with E-state index >= 15 is 0 Å². The summed E-state index contributed by atoms with van der Waals surface area (Å²) in [6, 6.07) is 14.7. The van der Waals surface area contributed by atoms with Gasteiger partial charge in [0.1, 0.15) is 5.75 Å². The van der Waals surface area contributed by atoms with Crippen molar-refractivity contribution in [3.05, 3.63) is 62.5 Å². The van der Waals surface area contributed by atoms with E-state index in [1.165, 1.54) is 11.1 Å². The van der Waals surface area contributed by atoms with E-state index in [2.05, 4.69) is 68.4 Å². The number of ether oxygens (including phenoxy) is 1. The van der Waals surface area contributed by atoms with Crippen LogP contribution in [-0.2, 0) is 0 Å². The summed E-state index contributed by atoms with van der Waals surface area (Å²) < 4.78 is 7.35. The maximum absolute atomic E-state index is 5.22. The minimum Gasteiger partial charge on any atom is -0.497 e. The highest BCUT2D eigenvalue weighted by molar-refractivity contribution is 9.11. The second-order valence-electron chi connectivity index (χ2n) is 4.47. The Kier molecular flexibility index (Phi) is 5.64. The third-order valence-electron chi connectivity index (χ3n) is 3.08. The zero-order valence-corrected chi connectivity index (χ0v) is 14.7. The molecule has 1 unspecified atom stereocenters. The van der Waals surface area contributed by atoms with Gasteiger partial charge in [-0.15, -0.1) is 0 Å². The molecule has 0 saturated heterocycles. The summed E-state index contributed by atoms with van der Waals surface area (Å²) in [6.45, 7) is 3.02. The quantitative estimate of drug-likeness (QED) is 0.771. The van der Waals surface area contributed by atoms with E-state index < -0.39 is 0 Å². The predicted octanol–water partition coefficient (Wildman–Crippen LogP) is 4.92. The van der Waals surface area contributed by atoms with Crippen LogP contribution in [-0.4, -0.2) is 13.7 Å². The molecule has 2 aromatic rings. The van der Waals surface area contributed by atoms with Gasteiger partial charge in [-0.3, -0.25) is 0 Å². The minimum atomic E-state index is 0.166. The Bertz CT molecular complexity index is 549. The van der Waals surface area contributed by atoms with Crippen molar-refractivity contribution in [3.8, 4) is 5.75 Å². The van der Waals surface area contributed by atoms with Gasteiger partial charge in [0.05, 0.1) is 13.2 Å². The summed E-state index contributed by atoms with van der Waals surface area (Å²) in [4.78, 5) is 0. The lowest BCUT2D eigenvalue weighted by Crippen LogP contribution is -2.22. The first-order chi connectivity index (χ1) is 9.63. The van der Waals surface area contributed by atoms with E-state index in [-0.39, 0.29) is 6.04 Å². The van der Waals surface area contributed by atoms with Gasteiger partial charge < -0.3 is 10.1 Å². The molecule has 1 N–H and O–H groups in total. The van der Waals surface area contributed by atoms with Crippen molar-refractivity contribution in [2.45, 2.75) is 13.0 Å². The van der Waals surface area contributed by atoms with Crippen molar-refractivity contribution < 1.29 is 4.74 Å². The van der Waals surface area contributed by atoms with Crippen LogP contribution in [0.4, 0.5) is 0 Å². The summed E-state index contributed by atoms with van der Waals surface area (Å²) in [5, 5.41) is 3.52. The molecule has 0 fully saturated rings. The van der Waals surface area contributed by atoms with E-state index in [0.29, 0.717) is 0 Å². The smallest absolute Gasteiger partial charge is 0.118 e. The summed E-state index contributed by atoms with van der Waals surface area (Å²) in [7, 11) is 1.68. The Morgan fingerprint density at radius 3 is 2.10 bits per heavy atom. The van der Waals surface area contributed by atoms with Gasteiger partial charge in [0.25, 0.3) is 0 Å². The molecular weight excluding hydrogens is 382 g/mol. The van der Waals surface area contributed by atoms with E-state index in [9.17, 15) is 0 Å². The van der Waals surface area contributed by atoms with Crippen molar-refractivity contribution in [2.24, 2.45) is 0 Å². The van der Waals surface area contributed by atoms with Crippen LogP contribution in [0.15, 0.2) is 51.4 Å². The molecule has 1 atom stereocenters. The molecule has 2 aromatic carbocycles. The van der Waals surface area contributed by atoms with Crippen molar-refractivity contribution in [1.29, 1.82) is 0 Å². The van der Waals surface area contributed by atoms with Crippen LogP contribution in [0.2, 0.25) is 0 Å². The van der Waals surface area contributed by atoms with Gasteiger partial charge in [-0.2, -0.15) is 0 Å². The molecule has 2 rings (SSSR count). The highest BCUT2D eigenvalue weighted by Gasteiger charge is 2.14. The summed E-state index contributed by atoms with van der Waals surface area (Å²) >= 11 is 7.10. The Labute approximate surface area is 136 Å². The molecule has 0 saturated carbocycles. The largest absolute Gasteiger partial charge is 0.497 e. The van der Waals surface area contributed by atoms with Crippen LogP contribution in [0.1, 0.15) is 24.1 Å². The average molecular weight is 399 g/mol. The number of nitrogens with one attached hydrogen (secondary N) is 1.